The molecule has 1 saturated heterocycles. The molecule has 1 fully saturated rings. The first-order valence-corrected chi connectivity index (χ1v) is 6.08. The molecule has 1 aliphatic heterocycles. The van der Waals surface area contributed by atoms with Crippen LogP contribution in [-0.2, 0) is 6.42 Å². The Morgan fingerprint density at radius 3 is 2.75 bits per heavy atom. The summed E-state index contributed by atoms with van der Waals surface area (Å²) in [5.41, 5.74) is 3.60. The van der Waals surface area contributed by atoms with E-state index < -0.39 is 0 Å². The fourth-order valence-electron chi connectivity index (χ4n) is 2.51. The fourth-order valence-corrected chi connectivity index (χ4v) is 2.51. The Bertz CT molecular complexity index is 398. The highest BCUT2D eigenvalue weighted by Gasteiger charge is 2.17. The Hall–Kier alpha value is -1.33. The van der Waals surface area contributed by atoms with Crippen LogP contribution < -0.4 is 5.32 Å². The number of aryl methyl sites for hydroxylation is 1. The minimum Gasteiger partial charge on any atom is -0.317 e. The summed E-state index contributed by atoms with van der Waals surface area (Å²) in [7, 11) is 0. The van der Waals surface area contributed by atoms with E-state index in [4.69, 9.17) is 5.26 Å². The lowest BCUT2D eigenvalue weighted by molar-refractivity contribution is 0.458. The van der Waals surface area contributed by atoms with Crippen molar-refractivity contribution in [1.29, 1.82) is 5.26 Å². The van der Waals surface area contributed by atoms with Crippen LogP contribution in [0.15, 0.2) is 18.2 Å². The quantitative estimate of drug-likeness (QED) is 0.821. The lowest BCUT2D eigenvalue weighted by Crippen LogP contribution is -2.27. The largest absolute Gasteiger partial charge is 0.317 e. The molecule has 16 heavy (non-hydrogen) atoms. The molecule has 0 aromatic heterocycles. The van der Waals surface area contributed by atoms with Crippen LogP contribution in [-0.4, -0.2) is 13.1 Å². The van der Waals surface area contributed by atoms with Crippen molar-refractivity contribution in [3.8, 4) is 6.07 Å². The maximum Gasteiger partial charge on any atom is 0.0991 e. The first-order valence-electron chi connectivity index (χ1n) is 6.08. The number of piperidine rings is 1. The molecule has 0 bridgehead atoms. The molecule has 0 amide bonds. The summed E-state index contributed by atoms with van der Waals surface area (Å²) in [6.07, 6.45) is 3.46. The molecule has 1 N–H and O–H groups in total. The van der Waals surface area contributed by atoms with Crippen molar-refractivity contribution in [2.75, 3.05) is 13.1 Å². The van der Waals surface area contributed by atoms with Crippen LogP contribution in [0.25, 0.3) is 0 Å². The van der Waals surface area contributed by atoms with E-state index in [1.165, 1.54) is 24.0 Å². The second-order valence-corrected chi connectivity index (χ2v) is 4.40. The summed E-state index contributed by atoms with van der Waals surface area (Å²) < 4.78 is 0. The maximum absolute atomic E-state index is 8.90. The second-order valence-electron chi connectivity index (χ2n) is 4.40. The van der Waals surface area contributed by atoms with Crippen LogP contribution in [0.5, 0.6) is 0 Å². The number of nitriles is 1. The van der Waals surface area contributed by atoms with Gasteiger partial charge in [0.05, 0.1) is 11.6 Å². The van der Waals surface area contributed by atoms with E-state index in [9.17, 15) is 0 Å². The van der Waals surface area contributed by atoms with E-state index in [0.717, 1.165) is 25.1 Å². The molecule has 2 nitrogen and oxygen atoms in total. The number of hydrogen-bond acceptors (Lipinski definition) is 2. The van der Waals surface area contributed by atoms with Gasteiger partial charge in [0, 0.05) is 0 Å². The third-order valence-corrected chi connectivity index (χ3v) is 3.43. The van der Waals surface area contributed by atoms with Gasteiger partial charge in [-0.2, -0.15) is 5.26 Å². The van der Waals surface area contributed by atoms with Crippen molar-refractivity contribution in [2.24, 2.45) is 0 Å². The van der Waals surface area contributed by atoms with E-state index in [2.05, 4.69) is 30.4 Å². The van der Waals surface area contributed by atoms with E-state index in [1.807, 2.05) is 6.07 Å². The highest BCUT2D eigenvalue weighted by atomic mass is 14.9. The molecule has 0 atom stereocenters. The summed E-state index contributed by atoms with van der Waals surface area (Å²) in [5.74, 6) is 0.684. The molecule has 2 rings (SSSR count). The van der Waals surface area contributed by atoms with Crippen molar-refractivity contribution in [2.45, 2.75) is 32.1 Å². The normalized spacial score (nSPS) is 17.0. The van der Waals surface area contributed by atoms with Crippen molar-refractivity contribution < 1.29 is 0 Å². The smallest absolute Gasteiger partial charge is 0.0991 e. The van der Waals surface area contributed by atoms with Gasteiger partial charge in [0.25, 0.3) is 0 Å². The summed E-state index contributed by atoms with van der Waals surface area (Å²) in [4.78, 5) is 0. The lowest BCUT2D eigenvalue weighted by atomic mass is 9.86. The monoisotopic (exact) mass is 214 g/mol. The zero-order chi connectivity index (χ0) is 11.4. The van der Waals surface area contributed by atoms with Gasteiger partial charge in [0.2, 0.25) is 0 Å². The first kappa shape index (κ1) is 11.2. The molecule has 1 heterocycles. The van der Waals surface area contributed by atoms with Gasteiger partial charge in [-0.15, -0.1) is 0 Å². The SMILES string of the molecule is CCc1cc(C#N)ccc1C1CCNCC1. The van der Waals surface area contributed by atoms with Gasteiger partial charge in [0.15, 0.2) is 0 Å². The number of nitrogens with zero attached hydrogens (tertiary/aromatic N) is 1. The zero-order valence-electron chi connectivity index (χ0n) is 9.79. The van der Waals surface area contributed by atoms with E-state index in [-0.39, 0.29) is 0 Å². The van der Waals surface area contributed by atoms with E-state index in [0.29, 0.717) is 5.92 Å². The van der Waals surface area contributed by atoms with Crippen LogP contribution in [0.2, 0.25) is 0 Å². The Balaban J connectivity index is 2.29. The van der Waals surface area contributed by atoms with Crippen molar-refractivity contribution in [3.05, 3.63) is 34.9 Å². The molecule has 0 unspecified atom stereocenters. The predicted molar refractivity (Wildman–Crippen MR) is 65.4 cm³/mol. The standard InChI is InChI=1S/C14H18N2/c1-2-12-9-11(10-15)3-4-14(12)13-5-7-16-8-6-13/h3-4,9,13,16H,2,5-8H2,1H3. The van der Waals surface area contributed by atoms with Gasteiger partial charge >= 0.3 is 0 Å². The molecule has 1 aromatic carbocycles. The molecule has 2 heteroatoms. The van der Waals surface area contributed by atoms with Gasteiger partial charge in [-0.05, 0) is 61.5 Å². The van der Waals surface area contributed by atoms with Crippen LogP contribution in [0, 0.1) is 11.3 Å². The minimum atomic E-state index is 0.684. The van der Waals surface area contributed by atoms with Gasteiger partial charge < -0.3 is 5.32 Å². The summed E-state index contributed by atoms with van der Waals surface area (Å²) in [6, 6.07) is 8.39. The minimum absolute atomic E-state index is 0.684. The Kier molecular flexibility index (Phi) is 3.58. The zero-order valence-corrected chi connectivity index (χ0v) is 9.79. The predicted octanol–water partition coefficient (Wildman–Crippen LogP) is 2.59. The number of benzene rings is 1. The summed E-state index contributed by atoms with van der Waals surface area (Å²) >= 11 is 0. The summed E-state index contributed by atoms with van der Waals surface area (Å²) in [6.45, 7) is 4.41. The molecule has 1 aromatic rings. The molecule has 1 aliphatic rings. The Labute approximate surface area is 97.3 Å². The molecule has 0 saturated carbocycles. The van der Waals surface area contributed by atoms with Gasteiger partial charge in [-0.1, -0.05) is 13.0 Å². The van der Waals surface area contributed by atoms with Gasteiger partial charge in [-0.25, -0.2) is 0 Å². The molecular formula is C14H18N2. The number of nitrogens with one attached hydrogen (secondary N) is 1. The third kappa shape index (κ3) is 2.25. The molecular weight excluding hydrogens is 196 g/mol. The highest BCUT2D eigenvalue weighted by molar-refractivity contribution is 5.40. The van der Waals surface area contributed by atoms with Crippen LogP contribution in [0.3, 0.4) is 0 Å². The topological polar surface area (TPSA) is 35.8 Å². The average Bonchev–Trinajstić information content (AvgIpc) is 2.39. The number of hydrogen-bond donors (Lipinski definition) is 1. The van der Waals surface area contributed by atoms with Gasteiger partial charge in [0.1, 0.15) is 0 Å². The summed E-state index contributed by atoms with van der Waals surface area (Å²) in [5, 5.41) is 12.3. The molecule has 0 spiro atoms. The third-order valence-electron chi connectivity index (χ3n) is 3.43. The van der Waals surface area contributed by atoms with Crippen LogP contribution in [0.1, 0.15) is 42.4 Å². The van der Waals surface area contributed by atoms with Crippen molar-refractivity contribution in [1.82, 2.24) is 5.32 Å². The highest BCUT2D eigenvalue weighted by Crippen LogP contribution is 2.28. The first-order chi connectivity index (χ1) is 7.85. The van der Waals surface area contributed by atoms with Gasteiger partial charge in [-0.3, -0.25) is 0 Å². The average molecular weight is 214 g/mol. The lowest BCUT2D eigenvalue weighted by Gasteiger charge is -2.25. The van der Waals surface area contributed by atoms with Crippen molar-refractivity contribution in [3.63, 3.8) is 0 Å². The molecule has 84 valence electrons. The van der Waals surface area contributed by atoms with E-state index in [1.54, 1.807) is 0 Å². The molecule has 0 aliphatic carbocycles. The second kappa shape index (κ2) is 5.14. The van der Waals surface area contributed by atoms with Crippen LogP contribution in [0.4, 0.5) is 0 Å². The Morgan fingerprint density at radius 1 is 1.38 bits per heavy atom. The number of rotatable bonds is 2. The van der Waals surface area contributed by atoms with Crippen molar-refractivity contribution >= 4 is 0 Å². The fraction of sp³-hybridized carbons (Fsp3) is 0.500. The Morgan fingerprint density at radius 2 is 2.12 bits per heavy atom. The van der Waals surface area contributed by atoms with Crippen LogP contribution >= 0.6 is 0 Å². The maximum atomic E-state index is 8.90. The van der Waals surface area contributed by atoms with E-state index >= 15 is 0 Å². The molecule has 0 radical (unpaired) electrons.